The predicted molar refractivity (Wildman–Crippen MR) is 348 cm³/mol. The van der Waals surface area contributed by atoms with Crippen molar-refractivity contribution in [3.05, 3.63) is 66.3 Å². The second-order valence-electron chi connectivity index (χ2n) is 28.3. The van der Waals surface area contributed by atoms with Gasteiger partial charge in [0, 0.05) is 88.9 Å². The third-order valence-corrected chi connectivity index (χ3v) is 20.9. The van der Waals surface area contributed by atoms with Crippen molar-refractivity contribution in [3.8, 4) is 0 Å². The number of methoxy groups -OCH3 is 1. The largest absolute Gasteiger partial charge is 0.445 e. The zero-order valence-electron chi connectivity index (χ0n) is 56.6. The minimum Gasteiger partial charge on any atom is -0.445 e. The number of imide groups is 1. The van der Waals surface area contributed by atoms with Gasteiger partial charge in [-0.25, -0.2) is 9.59 Å². The summed E-state index contributed by atoms with van der Waals surface area (Å²) in [7, 11) is 1.58. The quantitative estimate of drug-likeness (QED) is 0.0394. The molecular weight excluding hydrogens is 1270 g/mol. The molecule has 11 heterocycles. The Bertz CT molecular complexity index is 3060. The highest BCUT2D eigenvalue weighted by Gasteiger charge is 2.69. The van der Waals surface area contributed by atoms with Gasteiger partial charge in [-0.1, -0.05) is 46.1 Å². The van der Waals surface area contributed by atoms with Crippen LogP contribution in [0.2, 0.25) is 0 Å². The Morgan fingerprint density at radius 1 is 0.745 bits per heavy atom. The Morgan fingerprint density at radius 3 is 2.21 bits per heavy atom. The van der Waals surface area contributed by atoms with E-state index in [0.717, 1.165) is 48.2 Å². The minimum absolute atomic E-state index is 0.00733. The number of hydrogen-bond acceptors (Lipinski definition) is 21. The van der Waals surface area contributed by atoms with Crippen LogP contribution in [-0.4, -0.2) is 226 Å². The van der Waals surface area contributed by atoms with E-state index in [9.17, 15) is 43.5 Å². The van der Waals surface area contributed by atoms with E-state index < -0.39 is 102 Å². The van der Waals surface area contributed by atoms with Crippen molar-refractivity contribution in [2.75, 3.05) is 58.5 Å². The summed E-state index contributed by atoms with van der Waals surface area (Å²) in [6.45, 7) is 14.9. The molecule has 12 bridgehead atoms. The lowest BCUT2D eigenvalue weighted by Gasteiger charge is -2.47. The van der Waals surface area contributed by atoms with Gasteiger partial charge in [0.2, 0.25) is 17.7 Å². The van der Waals surface area contributed by atoms with Gasteiger partial charge < -0.3 is 94.3 Å². The number of anilines is 1. The van der Waals surface area contributed by atoms with Crippen LogP contribution >= 0.6 is 0 Å². The van der Waals surface area contributed by atoms with Crippen molar-refractivity contribution < 1.29 is 100 Å². The van der Waals surface area contributed by atoms with Crippen molar-refractivity contribution in [1.29, 1.82) is 0 Å². The summed E-state index contributed by atoms with van der Waals surface area (Å²) >= 11 is 0. The fourth-order valence-electron chi connectivity index (χ4n) is 15.7. The third kappa shape index (κ3) is 18.1. The van der Waals surface area contributed by atoms with Crippen LogP contribution in [0, 0.1) is 17.8 Å². The molecule has 0 saturated carbocycles. The number of alkyl carbamates (subject to hydrolysis) is 1. The molecule has 540 valence electrons. The molecule has 0 aliphatic carbocycles. The summed E-state index contributed by atoms with van der Waals surface area (Å²) in [4.78, 5) is 104. The number of fused-ring (bicyclic) bond motifs is 6. The number of carbonyl (C=O) groups is 8. The third-order valence-electron chi connectivity index (χ3n) is 20.9. The maximum absolute atomic E-state index is 14.5. The van der Waals surface area contributed by atoms with Gasteiger partial charge in [0.1, 0.15) is 55.0 Å². The number of amides is 8. The number of nitrogens with one attached hydrogen (secondary N) is 5. The molecule has 1 aromatic carbocycles. The highest BCUT2D eigenvalue weighted by molar-refractivity contribution is 6.12. The van der Waals surface area contributed by atoms with E-state index in [2.05, 4.69) is 46.7 Å². The number of aliphatic hydroxyl groups excluding tert-OH is 1. The van der Waals surface area contributed by atoms with Crippen molar-refractivity contribution in [1.82, 2.24) is 26.2 Å². The fraction of sp³-hybridized carbons (Fsp3) is 0.714. The van der Waals surface area contributed by atoms with Gasteiger partial charge in [-0.3, -0.25) is 33.7 Å². The number of Topliss-reactive ketones (excluding diaryl/α,β-unsaturated/α-hetero) is 1. The van der Waals surface area contributed by atoms with Crippen molar-refractivity contribution in [2.24, 2.45) is 23.5 Å². The van der Waals surface area contributed by atoms with Gasteiger partial charge in [0.15, 0.2) is 5.79 Å². The number of ketones is 1. The molecule has 8 N–H and O–H groups in total. The number of urea groups is 1. The second-order valence-corrected chi connectivity index (χ2v) is 28.3. The van der Waals surface area contributed by atoms with Crippen LogP contribution < -0.4 is 32.3 Å². The van der Waals surface area contributed by atoms with Crippen molar-refractivity contribution in [2.45, 2.75) is 246 Å². The number of hydrogen-bond donors (Lipinski definition) is 7. The average Bonchev–Trinajstić information content (AvgIpc) is 1.55. The van der Waals surface area contributed by atoms with Crippen LogP contribution in [0.4, 0.5) is 15.3 Å². The molecule has 11 aliphatic rings. The topological polar surface area (TPSA) is 357 Å². The van der Waals surface area contributed by atoms with Crippen molar-refractivity contribution >= 4 is 53.1 Å². The first-order chi connectivity index (χ1) is 47.1. The highest BCUT2D eigenvalue weighted by Crippen LogP contribution is 2.54. The first-order valence-corrected chi connectivity index (χ1v) is 35.1. The molecular formula is C70H99N7O21. The highest BCUT2D eigenvalue weighted by atomic mass is 16.8. The van der Waals surface area contributed by atoms with Gasteiger partial charge in [0.25, 0.3) is 11.8 Å². The van der Waals surface area contributed by atoms with Gasteiger partial charge in [-0.05, 0) is 98.5 Å². The fourth-order valence-corrected chi connectivity index (χ4v) is 15.7. The van der Waals surface area contributed by atoms with Crippen molar-refractivity contribution in [3.63, 3.8) is 0 Å². The minimum atomic E-state index is -1.11. The number of rotatable bonds is 26. The second kappa shape index (κ2) is 33.0. The summed E-state index contributed by atoms with van der Waals surface area (Å²) < 4.78 is 77.3. The summed E-state index contributed by atoms with van der Waals surface area (Å²) in [5, 5.41) is 25.0. The van der Waals surface area contributed by atoms with Crippen LogP contribution in [0.1, 0.15) is 129 Å². The van der Waals surface area contributed by atoms with E-state index in [1.807, 2.05) is 0 Å². The summed E-state index contributed by atoms with van der Waals surface area (Å²) in [5.74, 6) is -3.98. The zero-order valence-corrected chi connectivity index (χ0v) is 56.6. The van der Waals surface area contributed by atoms with E-state index in [1.165, 1.54) is 12.2 Å². The number of primary amides is 1. The van der Waals surface area contributed by atoms with E-state index >= 15 is 0 Å². The molecule has 0 aromatic heterocycles. The Labute approximate surface area is 571 Å². The lowest BCUT2D eigenvalue weighted by atomic mass is 9.81. The molecule has 11 aliphatic heterocycles. The number of nitrogens with zero attached hydrogens (tertiary/aromatic N) is 1. The first-order valence-electron chi connectivity index (χ1n) is 35.1. The Balaban J connectivity index is 0.658. The first kappa shape index (κ1) is 73.0. The SMILES string of the molecule is C=C1C[C@@H]2CC[C@@]34C[C@H]5OC6[C@@H](O[C@H]7CC[C@H](CC(=O)C[C@@H]8[C@@H](OC)[C@@H](C[C@H](O)CNC(=O)OCc9ccc(NC(=O)[C@H](CCCNC(N)=O)NC(=O)[C@@H](NC(=O)CCOCCOCCN%10C(=O)C=CC%10=O)C(C)C)cc9)O[C@H]8C[C@H]8O[C@@H](CC[C@@H]1O2)C[C@@H](C)C8=C)O[C@@H]7[C@@H]6O3)C5O4. The number of ether oxygens (including phenoxy) is 12. The van der Waals surface area contributed by atoms with E-state index in [1.54, 1.807) is 45.2 Å². The lowest BCUT2D eigenvalue weighted by Crippen LogP contribution is -2.61. The van der Waals surface area contributed by atoms with E-state index in [0.29, 0.717) is 43.4 Å². The van der Waals surface area contributed by atoms with Gasteiger partial charge in [-0.15, -0.1) is 0 Å². The van der Waals surface area contributed by atoms with Gasteiger partial charge in [0.05, 0.1) is 100 Å². The number of carbonyl (C=O) groups excluding carboxylic acids is 8. The smallest absolute Gasteiger partial charge is 0.407 e. The van der Waals surface area contributed by atoms with E-state index in [-0.39, 0.29) is 170 Å². The predicted octanol–water partition coefficient (Wildman–Crippen LogP) is 3.77. The maximum Gasteiger partial charge on any atom is 0.407 e. The Hall–Kier alpha value is -6.28. The molecule has 8 amide bonds. The molecule has 21 atom stereocenters. The average molecular weight is 1370 g/mol. The molecule has 12 rings (SSSR count). The lowest BCUT2D eigenvalue weighted by molar-refractivity contribution is -0.292. The van der Waals surface area contributed by atoms with Crippen LogP contribution in [-0.2, 0) is 92.2 Å². The molecule has 1 aromatic rings. The molecule has 0 radical (unpaired) electrons. The van der Waals surface area contributed by atoms with E-state index in [4.69, 9.17) is 62.6 Å². The molecule has 10 saturated heterocycles. The normalized spacial score (nSPS) is 34.4. The Kier molecular flexibility index (Phi) is 24.6. The van der Waals surface area contributed by atoms with Crippen LogP contribution in [0.25, 0.3) is 0 Å². The monoisotopic (exact) mass is 1370 g/mol. The molecule has 10 fully saturated rings. The summed E-state index contributed by atoms with van der Waals surface area (Å²) in [5.41, 5.74) is 8.22. The maximum atomic E-state index is 14.5. The standard InChI is InChI=1S/C70H99N7O21/c1-37(2)59(76-56(80)20-24-88-26-27-89-25-23-77-57(81)17-18-58(77)82)67(84)75-49(8-7-22-72-68(71)85)66(83)74-42-11-9-41(10-12-42)36-90-69(86)73-35-44(79)32-54-60(87-6)48-31-43(78)30-46-14-16-51-61(93-46)65-64-63(95-51)62-55(96-64)34-70(97-62,98-65)21-19-47-29-39(4)50(91-47)15-13-45-28-38(3)40(5)52(92-45)33-53(48)94-54/h9-12,17-18,37-38,44-55,59-65,79H,4-5,7-8,13-16,19-36H2,1-3,6H3,(H,73,86)(H,74,83)(H,75,84)(H,76,80)(H3,71,72,85)/t38-,44+,45+,46-,47+,48+,49+,50+,51+,52-,53+,54-,55-,59+,60-,61+,62?,63+,64?,65+,70+/m1/s1. The van der Waals surface area contributed by atoms with Crippen LogP contribution in [0.5, 0.6) is 0 Å². The van der Waals surface area contributed by atoms with Gasteiger partial charge >= 0.3 is 12.1 Å². The molecule has 1 spiro atoms. The zero-order chi connectivity index (χ0) is 69.4. The number of nitrogens with two attached hydrogens (primary N) is 1. The number of benzene rings is 1. The summed E-state index contributed by atoms with van der Waals surface area (Å²) in [6.07, 6.45) is 3.08. The Morgan fingerprint density at radius 2 is 1.46 bits per heavy atom. The van der Waals surface area contributed by atoms with Crippen LogP contribution in [0.3, 0.4) is 0 Å². The summed E-state index contributed by atoms with van der Waals surface area (Å²) in [6, 6.07) is 3.60. The molecule has 28 nitrogen and oxygen atoms in total. The molecule has 98 heavy (non-hydrogen) atoms. The number of aliphatic hydroxyl groups is 1. The molecule has 2 unspecified atom stereocenters. The van der Waals surface area contributed by atoms with Crippen LogP contribution in [0.15, 0.2) is 60.7 Å². The molecule has 28 heteroatoms. The van der Waals surface area contributed by atoms with Gasteiger partial charge in [-0.2, -0.15) is 0 Å².